The SMILES string of the molecule is CCC1=[C](/[Zr+2](=[CH]\c2ccccc2)[CH]2c3cc(C(C)(C)C)ccc3-c3ccc(C(C)(C)C)cc32)C(C)C=C1C(C)(C)C.[Cl-].[Cl-]. The molecule has 0 aliphatic heterocycles. The van der Waals surface area contributed by atoms with Crippen LogP contribution < -0.4 is 24.8 Å². The summed E-state index contributed by atoms with van der Waals surface area (Å²) in [5, 5.41) is 0. The third kappa shape index (κ3) is 7.01. The second kappa shape index (κ2) is 13.1. The van der Waals surface area contributed by atoms with Crippen molar-refractivity contribution in [3.05, 3.63) is 115 Å². The van der Waals surface area contributed by atoms with Crippen molar-refractivity contribution in [2.24, 2.45) is 11.3 Å². The van der Waals surface area contributed by atoms with Gasteiger partial charge < -0.3 is 24.8 Å². The average molecular weight is 693 g/mol. The molecule has 0 saturated heterocycles. The Hall–Kier alpha value is -1.53. The van der Waals surface area contributed by atoms with Crippen LogP contribution in [-0.4, -0.2) is 3.71 Å². The summed E-state index contributed by atoms with van der Waals surface area (Å²) >= 11 is -2.56. The molecule has 0 aromatic heterocycles. The summed E-state index contributed by atoms with van der Waals surface area (Å²) in [5.41, 5.74) is 14.0. The predicted octanol–water partition coefficient (Wildman–Crippen LogP) is 5.11. The third-order valence-corrected chi connectivity index (χ3v) is 17.2. The molecule has 43 heavy (non-hydrogen) atoms. The average Bonchev–Trinajstić information content (AvgIpc) is 3.40. The molecule has 3 heteroatoms. The summed E-state index contributed by atoms with van der Waals surface area (Å²) in [4.78, 5) is 0. The van der Waals surface area contributed by atoms with Crippen molar-refractivity contribution in [1.82, 2.24) is 0 Å². The first kappa shape index (κ1) is 35.9. The van der Waals surface area contributed by atoms with Crippen molar-refractivity contribution < 1.29 is 46.1 Å². The molecule has 2 aliphatic carbocycles. The van der Waals surface area contributed by atoms with Crippen molar-refractivity contribution in [3.8, 4) is 11.1 Å². The minimum atomic E-state index is -2.56. The number of allylic oxidation sites excluding steroid dienone is 4. The summed E-state index contributed by atoms with van der Waals surface area (Å²) in [5.74, 6) is 0.498. The molecule has 0 saturated carbocycles. The molecule has 3 aromatic carbocycles. The van der Waals surface area contributed by atoms with Gasteiger partial charge in [-0.05, 0) is 0 Å². The van der Waals surface area contributed by atoms with E-state index in [9.17, 15) is 0 Å². The minimum absolute atomic E-state index is 0. The van der Waals surface area contributed by atoms with Crippen LogP contribution in [0.1, 0.15) is 114 Å². The third-order valence-electron chi connectivity index (χ3n) is 9.17. The summed E-state index contributed by atoms with van der Waals surface area (Å²) in [6.45, 7) is 26.2. The Morgan fingerprint density at radius 1 is 0.674 bits per heavy atom. The van der Waals surface area contributed by atoms with Crippen LogP contribution in [0.4, 0.5) is 0 Å². The van der Waals surface area contributed by atoms with Crippen molar-refractivity contribution in [2.75, 3.05) is 0 Å². The van der Waals surface area contributed by atoms with Crippen LogP contribution in [0.25, 0.3) is 11.1 Å². The van der Waals surface area contributed by atoms with Gasteiger partial charge in [0.2, 0.25) is 0 Å². The molecule has 0 amide bonds. The predicted molar refractivity (Wildman–Crippen MR) is 177 cm³/mol. The fraction of sp³-hybridized carbons (Fsp3) is 0.425. The van der Waals surface area contributed by atoms with Gasteiger partial charge >= 0.3 is 260 Å². The van der Waals surface area contributed by atoms with Gasteiger partial charge in [0.05, 0.1) is 0 Å². The van der Waals surface area contributed by atoms with E-state index in [1.807, 2.05) is 3.28 Å². The van der Waals surface area contributed by atoms with Crippen molar-refractivity contribution in [3.63, 3.8) is 0 Å². The van der Waals surface area contributed by atoms with E-state index in [-0.39, 0.29) is 41.1 Å². The van der Waals surface area contributed by atoms with Gasteiger partial charge in [0, 0.05) is 0 Å². The normalized spacial score (nSPS) is 16.8. The first-order valence-electron chi connectivity index (χ1n) is 15.6. The monoisotopic (exact) mass is 690 g/mol. The Morgan fingerprint density at radius 3 is 1.58 bits per heavy atom. The molecule has 0 heterocycles. The maximum atomic E-state index is 2.79. The Bertz CT molecular complexity index is 1500. The maximum Gasteiger partial charge on any atom is -1.00 e. The van der Waals surface area contributed by atoms with Crippen LogP contribution in [0.2, 0.25) is 0 Å². The van der Waals surface area contributed by atoms with E-state index in [4.69, 9.17) is 0 Å². The van der Waals surface area contributed by atoms with Crippen molar-refractivity contribution in [2.45, 2.75) is 97.0 Å². The van der Waals surface area contributed by atoms with E-state index in [1.54, 1.807) is 22.3 Å². The molecule has 228 valence electrons. The number of hydrogen-bond donors (Lipinski definition) is 0. The second-order valence-corrected chi connectivity index (χ2v) is 21.1. The Kier molecular flexibility index (Phi) is 10.9. The maximum absolute atomic E-state index is 2.79. The zero-order valence-corrected chi connectivity index (χ0v) is 32.1. The van der Waals surface area contributed by atoms with Crippen molar-refractivity contribution >= 4 is 3.71 Å². The van der Waals surface area contributed by atoms with Crippen molar-refractivity contribution in [1.29, 1.82) is 0 Å². The summed E-state index contributed by atoms with van der Waals surface area (Å²) in [6.07, 6.45) is 3.74. The van der Waals surface area contributed by atoms with Gasteiger partial charge in [0.1, 0.15) is 0 Å². The van der Waals surface area contributed by atoms with Gasteiger partial charge in [-0.25, -0.2) is 0 Å². The van der Waals surface area contributed by atoms with E-state index in [0.29, 0.717) is 9.54 Å². The number of benzene rings is 3. The number of hydrogen-bond acceptors (Lipinski definition) is 0. The Labute approximate surface area is 282 Å². The molecule has 0 nitrogen and oxygen atoms in total. The molecular weight excluding hydrogens is 643 g/mol. The van der Waals surface area contributed by atoms with Gasteiger partial charge in [0.25, 0.3) is 0 Å². The largest absolute Gasteiger partial charge is 1.00 e. The number of rotatable bonds is 4. The van der Waals surface area contributed by atoms with Crippen LogP contribution in [0.3, 0.4) is 0 Å². The fourth-order valence-electron chi connectivity index (χ4n) is 6.95. The summed E-state index contributed by atoms with van der Waals surface area (Å²) in [7, 11) is 0. The molecule has 0 fully saturated rings. The fourth-order valence-corrected chi connectivity index (χ4v) is 15.8. The topological polar surface area (TPSA) is 0 Å². The van der Waals surface area contributed by atoms with Crippen LogP contribution in [0.5, 0.6) is 0 Å². The van der Waals surface area contributed by atoms with E-state index in [2.05, 4.69) is 153 Å². The van der Waals surface area contributed by atoms with Crippen LogP contribution >= 0.6 is 0 Å². The molecular formula is C40H50Cl2Zr. The van der Waals surface area contributed by atoms with E-state index < -0.39 is 21.3 Å². The van der Waals surface area contributed by atoms with Gasteiger partial charge in [-0.1, -0.05) is 0 Å². The summed E-state index contributed by atoms with van der Waals surface area (Å²) < 4.78 is 5.08. The molecule has 1 unspecified atom stereocenters. The van der Waals surface area contributed by atoms with E-state index in [0.717, 1.165) is 6.42 Å². The standard InChI is InChI=1S/C21H25.C12H19.C7H6.2ClH.Zr/c1-20(2,3)16-7-9-18-14(12-16)11-15-13-17(21(4,5)6)8-10-19(15)18;1-6-10-7-9(2)8-11(10)12(3,4)5;1-7-5-3-2-4-6-7;;;/h7-13H,1-6H3;8-9H,6H2,1-5H3;1-6H;2*1H;/q;;;;;+2/p-2. The number of halogens is 2. The smallest absolute Gasteiger partial charge is 1.00 e. The van der Waals surface area contributed by atoms with Crippen LogP contribution in [0, 0.1) is 11.3 Å². The van der Waals surface area contributed by atoms with Gasteiger partial charge in [0.15, 0.2) is 0 Å². The Morgan fingerprint density at radius 2 is 1.16 bits per heavy atom. The zero-order valence-electron chi connectivity index (χ0n) is 28.1. The van der Waals surface area contributed by atoms with Crippen LogP contribution in [-0.2, 0) is 32.1 Å². The van der Waals surface area contributed by atoms with Gasteiger partial charge in [-0.2, -0.15) is 0 Å². The first-order valence-corrected chi connectivity index (χ1v) is 19.7. The van der Waals surface area contributed by atoms with Gasteiger partial charge in [-0.3, -0.25) is 0 Å². The summed E-state index contributed by atoms with van der Waals surface area (Å²) in [6, 6.07) is 26.1. The zero-order chi connectivity index (χ0) is 29.9. The molecule has 5 rings (SSSR count). The quantitative estimate of drug-likeness (QED) is 0.357. The molecule has 0 bridgehead atoms. The Balaban J connectivity index is 0.00000253. The first-order chi connectivity index (χ1) is 19.1. The molecule has 0 spiro atoms. The molecule has 0 radical (unpaired) electrons. The molecule has 1 atom stereocenters. The van der Waals surface area contributed by atoms with Crippen LogP contribution in [0.15, 0.2) is 87.2 Å². The van der Waals surface area contributed by atoms with E-state index >= 15 is 0 Å². The molecule has 3 aromatic rings. The number of fused-ring (bicyclic) bond motifs is 3. The molecule has 0 N–H and O–H groups in total. The minimum Gasteiger partial charge on any atom is -1.00 e. The van der Waals surface area contributed by atoms with E-state index in [1.165, 1.54) is 27.8 Å². The second-order valence-electron chi connectivity index (χ2n) is 15.4. The molecule has 2 aliphatic rings. The van der Waals surface area contributed by atoms with Gasteiger partial charge in [-0.15, -0.1) is 0 Å².